The van der Waals surface area contributed by atoms with Gasteiger partial charge in [0.05, 0.1) is 0 Å². The molecule has 1 heterocycles. The average molecular weight is 362 g/mol. The molecule has 3 aromatic rings. The van der Waals surface area contributed by atoms with Gasteiger partial charge in [-0.3, -0.25) is 0 Å². The molecule has 3 rings (SSSR count). The first-order chi connectivity index (χ1) is 9.20. The minimum Gasteiger partial charge on any atom is -0.437 e. The van der Waals surface area contributed by atoms with Crippen LogP contribution in [0.5, 0.6) is 0 Å². The van der Waals surface area contributed by atoms with E-state index >= 15 is 0 Å². The number of rotatable bonds is 2. The zero-order valence-corrected chi connectivity index (χ0v) is 12.2. The second-order valence-corrected chi connectivity index (χ2v) is 5.41. The Kier molecular flexibility index (Phi) is 3.25. The van der Waals surface area contributed by atoms with Gasteiger partial charge in [0.1, 0.15) is 5.52 Å². The first-order valence-corrected chi connectivity index (χ1v) is 6.88. The molecule has 0 unspecified atom stereocenters. The van der Waals surface area contributed by atoms with Crippen LogP contribution >= 0.6 is 22.6 Å². The summed E-state index contributed by atoms with van der Waals surface area (Å²) in [5.41, 5.74) is 9.14. The topological polar surface area (TPSA) is 52.0 Å². The number of halogens is 1. The fraction of sp³-hybridized carbons (Fsp3) is 0. The van der Waals surface area contributed by atoms with Crippen LogP contribution in [0.15, 0.2) is 46.9 Å². The number of fused-ring (bicyclic) bond motifs is 1. The van der Waals surface area contributed by atoms with Crippen molar-refractivity contribution >= 4 is 51.5 Å². The molecule has 0 fully saturated rings. The minimum atomic E-state index is 0.605. The summed E-state index contributed by atoms with van der Waals surface area (Å²) in [6, 6.07) is 13.6. The lowest BCUT2D eigenvalue weighted by Gasteiger charge is -1.93. The van der Waals surface area contributed by atoms with Crippen LogP contribution in [0.3, 0.4) is 0 Å². The third-order valence-electron chi connectivity index (χ3n) is 2.72. The van der Waals surface area contributed by atoms with Crippen molar-refractivity contribution in [3.63, 3.8) is 0 Å². The molecule has 0 spiro atoms. The van der Waals surface area contributed by atoms with Crippen LogP contribution in [-0.2, 0) is 0 Å². The zero-order valence-electron chi connectivity index (χ0n) is 10.0. The summed E-state index contributed by atoms with van der Waals surface area (Å²) < 4.78 is 6.79. The second kappa shape index (κ2) is 5.05. The van der Waals surface area contributed by atoms with Crippen molar-refractivity contribution in [3.8, 4) is 0 Å². The molecule has 4 heteroatoms. The fourth-order valence-corrected chi connectivity index (χ4v) is 2.24. The molecule has 0 radical (unpaired) electrons. The van der Waals surface area contributed by atoms with E-state index in [1.165, 1.54) is 0 Å². The Labute approximate surface area is 124 Å². The van der Waals surface area contributed by atoms with E-state index in [4.69, 9.17) is 10.2 Å². The average Bonchev–Trinajstić information content (AvgIpc) is 2.80. The summed E-state index contributed by atoms with van der Waals surface area (Å²) in [7, 11) is 0. The maximum Gasteiger partial charge on any atom is 0.220 e. The first-order valence-electron chi connectivity index (χ1n) is 5.80. The van der Waals surface area contributed by atoms with E-state index < -0.39 is 0 Å². The molecule has 0 aliphatic rings. The molecule has 2 N–H and O–H groups in total. The first kappa shape index (κ1) is 12.2. The Morgan fingerprint density at radius 1 is 1.05 bits per heavy atom. The van der Waals surface area contributed by atoms with Crippen molar-refractivity contribution in [2.75, 3.05) is 5.73 Å². The molecule has 2 aromatic carbocycles. The number of nitrogens with zero attached hydrogens (tertiary/aromatic N) is 1. The third-order valence-corrected chi connectivity index (χ3v) is 3.39. The fourth-order valence-electron chi connectivity index (χ4n) is 1.76. The van der Waals surface area contributed by atoms with Gasteiger partial charge >= 0.3 is 0 Å². The summed E-state index contributed by atoms with van der Waals surface area (Å²) in [6.45, 7) is 0. The van der Waals surface area contributed by atoms with E-state index in [0.717, 1.165) is 25.9 Å². The number of benzene rings is 2. The van der Waals surface area contributed by atoms with Gasteiger partial charge in [0, 0.05) is 15.3 Å². The van der Waals surface area contributed by atoms with Crippen LogP contribution in [0.2, 0.25) is 0 Å². The lowest BCUT2D eigenvalue weighted by molar-refractivity contribution is 0.589. The smallest absolute Gasteiger partial charge is 0.220 e. The molecule has 0 saturated heterocycles. The van der Waals surface area contributed by atoms with Crippen molar-refractivity contribution in [1.29, 1.82) is 0 Å². The van der Waals surface area contributed by atoms with E-state index in [9.17, 15) is 0 Å². The Hall–Kier alpha value is -1.82. The molecule has 0 aliphatic heterocycles. The third kappa shape index (κ3) is 2.78. The second-order valence-electron chi connectivity index (χ2n) is 4.16. The SMILES string of the molecule is Nc1ccc(C=Cc2nc3cc(I)ccc3o2)cc1. The van der Waals surface area contributed by atoms with E-state index in [-0.39, 0.29) is 0 Å². The quantitative estimate of drug-likeness (QED) is 0.550. The van der Waals surface area contributed by atoms with Gasteiger partial charge in [-0.1, -0.05) is 12.1 Å². The van der Waals surface area contributed by atoms with Crippen molar-refractivity contribution < 1.29 is 4.42 Å². The highest BCUT2D eigenvalue weighted by Gasteiger charge is 2.02. The molecule has 1 aromatic heterocycles. The molecule has 19 heavy (non-hydrogen) atoms. The number of nitrogen functional groups attached to an aromatic ring is 1. The Bertz CT molecular complexity index is 744. The molecular weight excluding hydrogens is 351 g/mol. The van der Waals surface area contributed by atoms with Crippen LogP contribution in [-0.4, -0.2) is 4.98 Å². The lowest BCUT2D eigenvalue weighted by Crippen LogP contribution is -1.82. The van der Waals surface area contributed by atoms with E-state index in [1.54, 1.807) is 0 Å². The van der Waals surface area contributed by atoms with E-state index in [2.05, 4.69) is 27.6 Å². The van der Waals surface area contributed by atoms with Crippen molar-refractivity contribution in [3.05, 3.63) is 57.5 Å². The molecule has 3 nitrogen and oxygen atoms in total. The molecule has 0 atom stereocenters. The van der Waals surface area contributed by atoms with Gasteiger partial charge in [-0.15, -0.1) is 0 Å². The monoisotopic (exact) mass is 362 g/mol. The maximum absolute atomic E-state index is 5.64. The standard InChI is InChI=1S/C15H11IN2O/c16-11-4-7-14-13(9-11)18-15(19-14)8-3-10-1-5-12(17)6-2-10/h1-9H,17H2. The van der Waals surface area contributed by atoms with Crippen LogP contribution in [0.4, 0.5) is 5.69 Å². The molecule has 94 valence electrons. The van der Waals surface area contributed by atoms with Gasteiger partial charge in [0.25, 0.3) is 0 Å². The largest absolute Gasteiger partial charge is 0.437 e. The minimum absolute atomic E-state index is 0.605. The Morgan fingerprint density at radius 3 is 2.63 bits per heavy atom. The molecule has 0 bridgehead atoms. The highest BCUT2D eigenvalue weighted by molar-refractivity contribution is 14.1. The molecule has 0 saturated carbocycles. The van der Waals surface area contributed by atoms with Crippen LogP contribution in [0, 0.1) is 3.57 Å². The predicted octanol–water partition coefficient (Wildman–Crippen LogP) is 4.19. The maximum atomic E-state index is 5.64. The number of hydrogen-bond acceptors (Lipinski definition) is 3. The van der Waals surface area contributed by atoms with Gasteiger partial charge in [0.2, 0.25) is 5.89 Å². The summed E-state index contributed by atoms with van der Waals surface area (Å²) in [5.74, 6) is 0.605. The highest BCUT2D eigenvalue weighted by Crippen LogP contribution is 2.19. The van der Waals surface area contributed by atoms with Crippen molar-refractivity contribution in [2.45, 2.75) is 0 Å². The van der Waals surface area contributed by atoms with Crippen LogP contribution < -0.4 is 5.73 Å². The highest BCUT2D eigenvalue weighted by atomic mass is 127. The Balaban J connectivity index is 1.90. The summed E-state index contributed by atoms with van der Waals surface area (Å²) >= 11 is 2.26. The number of nitrogens with two attached hydrogens (primary N) is 1. The summed E-state index contributed by atoms with van der Waals surface area (Å²) in [5, 5.41) is 0. The number of hydrogen-bond donors (Lipinski definition) is 1. The van der Waals surface area contributed by atoms with E-state index in [0.29, 0.717) is 5.89 Å². The van der Waals surface area contributed by atoms with Gasteiger partial charge in [-0.25, -0.2) is 4.98 Å². The Morgan fingerprint density at radius 2 is 1.84 bits per heavy atom. The number of oxazole rings is 1. The normalized spacial score (nSPS) is 11.4. The summed E-state index contributed by atoms with van der Waals surface area (Å²) in [6.07, 6.45) is 3.81. The summed E-state index contributed by atoms with van der Waals surface area (Å²) in [4.78, 5) is 4.42. The van der Waals surface area contributed by atoms with Gasteiger partial charge in [-0.2, -0.15) is 0 Å². The van der Waals surface area contributed by atoms with Gasteiger partial charge < -0.3 is 10.2 Å². The van der Waals surface area contributed by atoms with Crippen molar-refractivity contribution in [2.24, 2.45) is 0 Å². The van der Waals surface area contributed by atoms with Crippen LogP contribution in [0.1, 0.15) is 11.5 Å². The van der Waals surface area contributed by atoms with Gasteiger partial charge in [-0.05, 0) is 64.6 Å². The zero-order chi connectivity index (χ0) is 13.2. The number of aromatic nitrogens is 1. The van der Waals surface area contributed by atoms with E-state index in [1.807, 2.05) is 54.6 Å². The predicted molar refractivity (Wildman–Crippen MR) is 86.5 cm³/mol. The molecule has 0 aliphatic carbocycles. The lowest BCUT2D eigenvalue weighted by atomic mass is 10.2. The van der Waals surface area contributed by atoms with Crippen molar-refractivity contribution in [1.82, 2.24) is 4.98 Å². The van der Waals surface area contributed by atoms with Crippen LogP contribution in [0.25, 0.3) is 23.3 Å². The molecule has 0 amide bonds. The van der Waals surface area contributed by atoms with Gasteiger partial charge in [0.15, 0.2) is 5.58 Å². The number of anilines is 1. The molecular formula is C15H11IN2O.